The highest BCUT2D eigenvalue weighted by molar-refractivity contribution is 4.66. The summed E-state index contributed by atoms with van der Waals surface area (Å²) in [5, 5.41) is 0. The Hall–Kier alpha value is -0.110. The van der Waals surface area contributed by atoms with Crippen LogP contribution in [0, 0.1) is 5.92 Å². The van der Waals surface area contributed by atoms with Crippen molar-refractivity contribution in [3.05, 3.63) is 0 Å². The van der Waals surface area contributed by atoms with Gasteiger partial charge in [-0.15, -0.1) is 0 Å². The number of rotatable bonds is 2. The van der Waals surface area contributed by atoms with Gasteiger partial charge in [-0.05, 0) is 31.8 Å². The minimum Gasteiger partial charge on any atom is -0.303 e. The van der Waals surface area contributed by atoms with Crippen LogP contribution in [-0.4, -0.2) is 24.5 Å². The minimum atomic E-state index is 0. The lowest BCUT2D eigenvalue weighted by Crippen LogP contribution is -2.23. The molecule has 0 unspecified atom stereocenters. The number of likely N-dealkylation sites (tertiary alicyclic amines) is 1. The molecule has 1 aliphatic heterocycles. The number of nitrogens with zero attached hydrogens (tertiary/aromatic N) is 1. The molecule has 0 bridgehead atoms. The van der Waals surface area contributed by atoms with Crippen LogP contribution in [0.15, 0.2) is 0 Å². The monoisotopic (exact) mass is 177 g/mol. The second-order valence-electron chi connectivity index (χ2n) is 3.40. The molecule has 0 aromatic rings. The predicted molar refractivity (Wildman–Crippen MR) is 54.4 cm³/mol. The summed E-state index contributed by atoms with van der Waals surface area (Å²) in [6, 6.07) is 0. The van der Waals surface area contributed by atoms with Gasteiger partial charge < -0.3 is 4.90 Å². The van der Waals surface area contributed by atoms with E-state index in [1.54, 1.807) is 0 Å². The van der Waals surface area contributed by atoms with Gasteiger partial charge in [-0.3, -0.25) is 4.70 Å². The molecule has 0 spiro atoms. The summed E-state index contributed by atoms with van der Waals surface area (Å²) in [6.07, 6.45) is 2.85. The lowest BCUT2D eigenvalue weighted by molar-refractivity contribution is 0.298. The maximum absolute atomic E-state index is 2.56. The van der Waals surface area contributed by atoms with Gasteiger partial charge in [-0.25, -0.2) is 0 Å². The Labute approximate surface area is 76.5 Å². The van der Waals surface area contributed by atoms with E-state index < -0.39 is 0 Å². The van der Waals surface area contributed by atoms with Gasteiger partial charge in [0.25, 0.3) is 0 Å². The summed E-state index contributed by atoms with van der Waals surface area (Å²) in [4.78, 5) is 2.56. The second-order valence-corrected chi connectivity index (χ2v) is 3.40. The topological polar surface area (TPSA) is 3.24 Å². The van der Waals surface area contributed by atoms with Crippen molar-refractivity contribution in [2.45, 2.75) is 40.5 Å². The van der Waals surface area contributed by atoms with E-state index in [0.29, 0.717) is 0 Å². The van der Waals surface area contributed by atoms with Crippen molar-refractivity contribution in [2.75, 3.05) is 19.6 Å². The first-order valence-electron chi connectivity index (χ1n) is 5.01. The van der Waals surface area contributed by atoms with Gasteiger partial charge in [-0.1, -0.05) is 27.7 Å². The fourth-order valence-corrected chi connectivity index (χ4v) is 1.48. The molecular weight excluding hydrogens is 153 g/mol. The van der Waals surface area contributed by atoms with Crippen LogP contribution in [0.3, 0.4) is 0 Å². The largest absolute Gasteiger partial charge is 0.303 e. The first-order valence-corrected chi connectivity index (χ1v) is 5.01. The smallest absolute Gasteiger partial charge is 0.000438 e. The van der Waals surface area contributed by atoms with E-state index in [0.717, 1.165) is 5.92 Å². The number of hydrogen-bond acceptors (Lipinski definition) is 1. The third kappa shape index (κ3) is 6.59. The van der Waals surface area contributed by atoms with Gasteiger partial charge in [0.1, 0.15) is 0 Å². The molecule has 1 rings (SSSR count). The van der Waals surface area contributed by atoms with Crippen molar-refractivity contribution in [1.82, 2.24) is 4.90 Å². The van der Waals surface area contributed by atoms with Crippen LogP contribution in [0.1, 0.15) is 40.5 Å². The molecule has 1 aliphatic rings. The maximum atomic E-state index is 2.56. The van der Waals surface area contributed by atoms with Crippen LogP contribution in [0.5, 0.6) is 0 Å². The fourth-order valence-electron chi connectivity index (χ4n) is 1.48. The first kappa shape index (κ1) is 14.4. The third-order valence-electron chi connectivity index (χ3n) is 1.82. The molecule has 1 heterocycles. The van der Waals surface area contributed by atoms with Crippen LogP contribution in [0.25, 0.3) is 0 Å². The minimum absolute atomic E-state index is 0. The highest BCUT2D eigenvalue weighted by Crippen LogP contribution is 2.09. The van der Waals surface area contributed by atoms with E-state index in [9.17, 15) is 0 Å². The van der Waals surface area contributed by atoms with Crippen LogP contribution in [-0.2, 0) is 0 Å². The molecule has 0 aliphatic carbocycles. The van der Waals surface area contributed by atoms with E-state index >= 15 is 0 Å². The first-order chi connectivity index (χ1) is 5.29. The molecule has 0 saturated carbocycles. The van der Waals surface area contributed by atoms with Gasteiger partial charge >= 0.3 is 0 Å². The normalized spacial score (nSPS) is 16.8. The van der Waals surface area contributed by atoms with Crippen LogP contribution >= 0.6 is 0 Å². The summed E-state index contributed by atoms with van der Waals surface area (Å²) < 4.78 is 0. The predicted octanol–water partition coefficient (Wildman–Crippen LogP) is 2.92. The van der Waals surface area contributed by atoms with Crippen molar-refractivity contribution in [1.29, 1.82) is 0 Å². The molecule has 0 radical (unpaired) electrons. The molecule has 76 valence electrons. The van der Waals surface area contributed by atoms with Gasteiger partial charge in [0.2, 0.25) is 0 Å². The van der Waals surface area contributed by atoms with E-state index in [1.807, 2.05) is 13.8 Å². The van der Waals surface area contributed by atoms with Crippen molar-refractivity contribution >= 4 is 0 Å². The number of hydrogen-bond donors (Lipinski definition) is 0. The fraction of sp³-hybridized carbons (Fsp3) is 1.00. The molecule has 0 aromatic carbocycles. The van der Waals surface area contributed by atoms with E-state index in [2.05, 4.69) is 18.7 Å². The molecule has 1 fully saturated rings. The highest BCUT2D eigenvalue weighted by atomic mass is 19.0. The zero-order chi connectivity index (χ0) is 8.69. The Morgan fingerprint density at radius 2 is 1.50 bits per heavy atom. The van der Waals surface area contributed by atoms with Crippen molar-refractivity contribution in [2.24, 2.45) is 5.92 Å². The molecule has 0 amide bonds. The Bertz CT molecular complexity index is 77.9. The standard InChI is InChI=1S/C8H17N.C2H6.FH/c1-8(2)7-9-5-3-4-6-9;1-2;/h8H,3-7H2,1-2H3;1-2H3;1H. The highest BCUT2D eigenvalue weighted by Gasteiger charge is 2.11. The second kappa shape index (κ2) is 8.98. The van der Waals surface area contributed by atoms with Gasteiger partial charge in [0.15, 0.2) is 0 Å². The maximum Gasteiger partial charge on any atom is 0.000438 e. The average molecular weight is 177 g/mol. The lowest BCUT2D eigenvalue weighted by Gasteiger charge is -2.16. The van der Waals surface area contributed by atoms with Crippen molar-refractivity contribution < 1.29 is 4.70 Å². The molecule has 2 heteroatoms. The molecule has 0 atom stereocenters. The van der Waals surface area contributed by atoms with Crippen LogP contribution in [0.4, 0.5) is 4.70 Å². The Morgan fingerprint density at radius 3 is 1.83 bits per heavy atom. The molecule has 12 heavy (non-hydrogen) atoms. The molecule has 0 N–H and O–H groups in total. The van der Waals surface area contributed by atoms with Crippen LogP contribution < -0.4 is 0 Å². The Balaban J connectivity index is 0. The summed E-state index contributed by atoms with van der Waals surface area (Å²) in [7, 11) is 0. The average Bonchev–Trinajstić information content (AvgIpc) is 2.43. The summed E-state index contributed by atoms with van der Waals surface area (Å²) in [5.41, 5.74) is 0. The zero-order valence-corrected chi connectivity index (χ0v) is 8.97. The van der Waals surface area contributed by atoms with Gasteiger partial charge in [-0.2, -0.15) is 0 Å². The molecular formula is C10H24FN. The SMILES string of the molecule is CC.CC(C)CN1CCCC1.F. The van der Waals surface area contributed by atoms with Crippen molar-refractivity contribution in [3.63, 3.8) is 0 Å². The Morgan fingerprint density at radius 1 is 1.08 bits per heavy atom. The number of halogens is 1. The lowest BCUT2D eigenvalue weighted by atomic mass is 10.2. The van der Waals surface area contributed by atoms with E-state index in [-0.39, 0.29) is 4.70 Å². The molecule has 1 saturated heterocycles. The van der Waals surface area contributed by atoms with E-state index in [1.165, 1.54) is 32.5 Å². The quantitative estimate of drug-likeness (QED) is 0.627. The van der Waals surface area contributed by atoms with Crippen LogP contribution in [0.2, 0.25) is 0 Å². The van der Waals surface area contributed by atoms with E-state index in [4.69, 9.17) is 0 Å². The van der Waals surface area contributed by atoms with Gasteiger partial charge in [0, 0.05) is 6.54 Å². The molecule has 1 nitrogen and oxygen atoms in total. The van der Waals surface area contributed by atoms with Gasteiger partial charge in [0.05, 0.1) is 0 Å². The third-order valence-corrected chi connectivity index (χ3v) is 1.82. The summed E-state index contributed by atoms with van der Waals surface area (Å²) in [5.74, 6) is 0.850. The Kier molecular flexibility index (Phi) is 10.8. The summed E-state index contributed by atoms with van der Waals surface area (Å²) in [6.45, 7) is 12.6. The zero-order valence-electron chi connectivity index (χ0n) is 8.97. The molecule has 0 aromatic heterocycles. The summed E-state index contributed by atoms with van der Waals surface area (Å²) >= 11 is 0. The van der Waals surface area contributed by atoms with Crippen molar-refractivity contribution in [3.8, 4) is 0 Å².